The van der Waals surface area contributed by atoms with Gasteiger partial charge < -0.3 is 10.6 Å². The maximum absolute atomic E-state index is 12.4. The molecule has 0 spiro atoms. The molecule has 1 amide bonds. The topological polar surface area (TPSA) is 41.1 Å². The normalized spacial score (nSPS) is 23.1. The Balaban J connectivity index is 2.54. The zero-order valence-electron chi connectivity index (χ0n) is 13.5. The lowest BCUT2D eigenvalue weighted by Crippen LogP contribution is -2.56. The fourth-order valence-corrected chi connectivity index (χ4v) is 3.22. The van der Waals surface area contributed by atoms with Crippen LogP contribution in [-0.4, -0.2) is 25.0 Å². The summed E-state index contributed by atoms with van der Waals surface area (Å²) < 4.78 is 0. The summed E-state index contributed by atoms with van der Waals surface area (Å²) in [5, 5.41) is 6.55. The van der Waals surface area contributed by atoms with Gasteiger partial charge in [0, 0.05) is 6.54 Å². The molecular weight excluding hydrogens is 236 g/mol. The SMILES string of the molecule is CC(C)C(CNC(=O)C1NCCCC1(C)C)C(C)C. The van der Waals surface area contributed by atoms with Crippen LogP contribution in [0.3, 0.4) is 0 Å². The van der Waals surface area contributed by atoms with Crippen LogP contribution in [0.2, 0.25) is 0 Å². The number of hydrogen-bond donors (Lipinski definition) is 2. The quantitative estimate of drug-likeness (QED) is 0.805. The van der Waals surface area contributed by atoms with Crippen LogP contribution >= 0.6 is 0 Å². The van der Waals surface area contributed by atoms with Gasteiger partial charge in [0.05, 0.1) is 6.04 Å². The molecule has 3 nitrogen and oxygen atoms in total. The molecule has 1 saturated heterocycles. The van der Waals surface area contributed by atoms with Gasteiger partial charge in [-0.2, -0.15) is 0 Å². The summed E-state index contributed by atoms with van der Waals surface area (Å²) >= 11 is 0. The zero-order chi connectivity index (χ0) is 14.6. The molecule has 1 aliphatic heterocycles. The van der Waals surface area contributed by atoms with Crippen molar-refractivity contribution < 1.29 is 4.79 Å². The zero-order valence-corrected chi connectivity index (χ0v) is 13.5. The van der Waals surface area contributed by atoms with E-state index in [1.54, 1.807) is 0 Å². The number of amides is 1. The van der Waals surface area contributed by atoms with Crippen molar-refractivity contribution in [3.8, 4) is 0 Å². The second-order valence-electron chi connectivity index (χ2n) is 7.38. The molecule has 1 heterocycles. The van der Waals surface area contributed by atoms with Gasteiger partial charge >= 0.3 is 0 Å². The molecule has 1 unspecified atom stereocenters. The van der Waals surface area contributed by atoms with E-state index in [1.807, 2.05) is 0 Å². The molecule has 0 aromatic carbocycles. The largest absolute Gasteiger partial charge is 0.354 e. The van der Waals surface area contributed by atoms with Crippen LogP contribution in [0.25, 0.3) is 0 Å². The highest BCUT2D eigenvalue weighted by Crippen LogP contribution is 2.30. The predicted octanol–water partition coefficient (Wildman–Crippen LogP) is 2.81. The molecule has 0 aliphatic carbocycles. The van der Waals surface area contributed by atoms with Gasteiger partial charge in [-0.25, -0.2) is 0 Å². The summed E-state index contributed by atoms with van der Waals surface area (Å²) in [4.78, 5) is 12.4. The first-order valence-electron chi connectivity index (χ1n) is 7.77. The highest BCUT2D eigenvalue weighted by atomic mass is 16.2. The lowest BCUT2D eigenvalue weighted by atomic mass is 9.77. The summed E-state index contributed by atoms with van der Waals surface area (Å²) in [6, 6.07) is -0.0405. The number of carbonyl (C=O) groups is 1. The molecule has 0 radical (unpaired) electrons. The third-order valence-electron chi connectivity index (χ3n) is 4.61. The Morgan fingerprint density at radius 1 is 1.26 bits per heavy atom. The molecule has 1 aliphatic rings. The van der Waals surface area contributed by atoms with Gasteiger partial charge in [-0.3, -0.25) is 4.79 Å². The van der Waals surface area contributed by atoms with Crippen LogP contribution < -0.4 is 10.6 Å². The Hall–Kier alpha value is -0.570. The second kappa shape index (κ2) is 6.74. The van der Waals surface area contributed by atoms with Crippen molar-refractivity contribution in [1.82, 2.24) is 10.6 Å². The molecule has 1 atom stereocenters. The van der Waals surface area contributed by atoms with E-state index in [4.69, 9.17) is 0 Å². The van der Waals surface area contributed by atoms with E-state index in [9.17, 15) is 4.79 Å². The van der Waals surface area contributed by atoms with Gasteiger partial charge in [-0.15, -0.1) is 0 Å². The van der Waals surface area contributed by atoms with Crippen LogP contribution in [-0.2, 0) is 4.79 Å². The van der Waals surface area contributed by atoms with Crippen LogP contribution in [0.1, 0.15) is 54.4 Å². The molecule has 0 aromatic heterocycles. The lowest BCUT2D eigenvalue weighted by Gasteiger charge is -2.38. The molecule has 1 fully saturated rings. The van der Waals surface area contributed by atoms with Gasteiger partial charge in [0.15, 0.2) is 0 Å². The second-order valence-corrected chi connectivity index (χ2v) is 7.38. The Kier molecular flexibility index (Phi) is 5.84. The number of carbonyl (C=O) groups excluding carboxylic acids is 1. The fourth-order valence-electron chi connectivity index (χ4n) is 3.22. The first kappa shape index (κ1) is 16.5. The maximum Gasteiger partial charge on any atom is 0.237 e. The average molecular weight is 268 g/mol. The summed E-state index contributed by atoms with van der Waals surface area (Å²) in [5.74, 6) is 1.94. The molecule has 0 aromatic rings. The van der Waals surface area contributed by atoms with Crippen molar-refractivity contribution in [3.63, 3.8) is 0 Å². The van der Waals surface area contributed by atoms with Crippen LogP contribution in [0.4, 0.5) is 0 Å². The molecule has 19 heavy (non-hydrogen) atoms. The van der Waals surface area contributed by atoms with Crippen molar-refractivity contribution in [1.29, 1.82) is 0 Å². The molecule has 3 heteroatoms. The van der Waals surface area contributed by atoms with Crippen LogP contribution in [0, 0.1) is 23.2 Å². The van der Waals surface area contributed by atoms with Crippen LogP contribution in [0.15, 0.2) is 0 Å². The van der Waals surface area contributed by atoms with Crippen molar-refractivity contribution in [3.05, 3.63) is 0 Å². The van der Waals surface area contributed by atoms with Gasteiger partial charge in [0.25, 0.3) is 0 Å². The lowest BCUT2D eigenvalue weighted by molar-refractivity contribution is -0.127. The van der Waals surface area contributed by atoms with Crippen molar-refractivity contribution in [2.45, 2.75) is 60.4 Å². The minimum absolute atomic E-state index is 0.0405. The molecular formula is C16H32N2O. The standard InChI is InChI=1S/C16H32N2O/c1-11(2)13(12(3)4)10-18-15(19)14-16(5,6)8-7-9-17-14/h11-14,17H,7-10H2,1-6H3,(H,18,19). The van der Waals surface area contributed by atoms with Crippen molar-refractivity contribution >= 4 is 5.91 Å². The summed E-state index contributed by atoms with van der Waals surface area (Å²) in [6.07, 6.45) is 2.28. The maximum atomic E-state index is 12.4. The summed E-state index contributed by atoms with van der Waals surface area (Å²) in [6.45, 7) is 15.1. The first-order chi connectivity index (χ1) is 8.75. The molecule has 2 N–H and O–H groups in total. The Labute approximate surface area is 118 Å². The smallest absolute Gasteiger partial charge is 0.237 e. The Morgan fingerprint density at radius 3 is 2.32 bits per heavy atom. The Morgan fingerprint density at radius 2 is 1.84 bits per heavy atom. The minimum atomic E-state index is -0.0405. The van der Waals surface area contributed by atoms with Crippen molar-refractivity contribution in [2.75, 3.05) is 13.1 Å². The third kappa shape index (κ3) is 4.48. The summed E-state index contributed by atoms with van der Waals surface area (Å²) in [7, 11) is 0. The number of nitrogens with one attached hydrogen (secondary N) is 2. The van der Waals surface area contributed by atoms with Gasteiger partial charge in [0.1, 0.15) is 0 Å². The highest BCUT2D eigenvalue weighted by molar-refractivity contribution is 5.82. The third-order valence-corrected chi connectivity index (χ3v) is 4.61. The summed E-state index contributed by atoms with van der Waals surface area (Å²) in [5.41, 5.74) is 0.0630. The highest BCUT2D eigenvalue weighted by Gasteiger charge is 2.37. The monoisotopic (exact) mass is 268 g/mol. The molecule has 112 valence electrons. The van der Waals surface area contributed by atoms with E-state index in [1.165, 1.54) is 0 Å². The van der Waals surface area contributed by atoms with E-state index >= 15 is 0 Å². The number of rotatable bonds is 5. The van der Waals surface area contributed by atoms with Crippen molar-refractivity contribution in [2.24, 2.45) is 23.2 Å². The molecule has 0 bridgehead atoms. The van der Waals surface area contributed by atoms with Crippen LogP contribution in [0.5, 0.6) is 0 Å². The van der Waals surface area contributed by atoms with E-state index in [-0.39, 0.29) is 17.4 Å². The molecule has 1 rings (SSSR count). The number of piperidine rings is 1. The average Bonchev–Trinajstić information content (AvgIpc) is 2.27. The van der Waals surface area contributed by atoms with E-state index in [0.29, 0.717) is 17.8 Å². The van der Waals surface area contributed by atoms with E-state index in [0.717, 1.165) is 25.9 Å². The van der Waals surface area contributed by atoms with Gasteiger partial charge in [-0.1, -0.05) is 41.5 Å². The number of hydrogen-bond acceptors (Lipinski definition) is 2. The van der Waals surface area contributed by atoms with E-state index < -0.39 is 0 Å². The van der Waals surface area contributed by atoms with Gasteiger partial charge in [-0.05, 0) is 42.6 Å². The fraction of sp³-hybridized carbons (Fsp3) is 0.938. The predicted molar refractivity (Wildman–Crippen MR) is 81.0 cm³/mol. The minimum Gasteiger partial charge on any atom is -0.354 e. The Bertz CT molecular complexity index is 289. The first-order valence-corrected chi connectivity index (χ1v) is 7.77. The molecule has 0 saturated carbocycles. The van der Waals surface area contributed by atoms with Gasteiger partial charge in [0.2, 0.25) is 5.91 Å². The van der Waals surface area contributed by atoms with E-state index in [2.05, 4.69) is 52.2 Å².